The fourth-order valence-electron chi connectivity index (χ4n) is 1.03. The molecule has 0 atom stereocenters. The van der Waals surface area contributed by atoms with E-state index in [-0.39, 0.29) is 12.2 Å². The molecule has 0 aromatic heterocycles. The zero-order valence-corrected chi connectivity index (χ0v) is 9.47. The lowest BCUT2D eigenvalue weighted by Crippen LogP contribution is -2.06. The van der Waals surface area contributed by atoms with Gasteiger partial charge >= 0.3 is 6.17 Å². The summed E-state index contributed by atoms with van der Waals surface area (Å²) < 4.78 is 0. The first-order chi connectivity index (χ1) is 7.77. The van der Waals surface area contributed by atoms with E-state index in [9.17, 15) is 4.79 Å². The lowest BCUT2D eigenvalue weighted by atomic mass is 10.1. The van der Waals surface area contributed by atoms with Crippen LogP contribution in [0.5, 0.6) is 0 Å². The minimum absolute atomic E-state index is 0.0169. The number of hydrogen-bond donors (Lipinski definition) is 0. The third kappa shape index (κ3) is 4.39. The average Bonchev–Trinajstić information content (AvgIpc) is 2.39. The molecule has 0 saturated heterocycles. The third-order valence-electron chi connectivity index (χ3n) is 1.76. The van der Waals surface area contributed by atoms with E-state index >= 15 is 0 Å². The Kier molecular flexibility index (Phi) is 7.11. The molecule has 0 saturated carbocycles. The molecule has 16 heavy (non-hydrogen) atoms. The van der Waals surface area contributed by atoms with E-state index < -0.39 is 6.17 Å². The normalized spacial score (nSPS) is 8.31. The minimum atomic E-state index is -0.872. The van der Waals surface area contributed by atoms with Crippen LogP contribution in [-0.4, -0.2) is 11.9 Å². The first-order valence-electron chi connectivity index (χ1n) is 5.09. The maximum Gasteiger partial charge on any atom is 0.481 e. The van der Waals surface area contributed by atoms with E-state index in [1.54, 1.807) is 24.3 Å². The second kappa shape index (κ2) is 8.20. The van der Waals surface area contributed by atoms with Crippen molar-refractivity contribution in [3.05, 3.63) is 58.7 Å². The topological polar surface area (TPSA) is 25.8 Å². The number of carbonyl (C=O) groups is 1. The van der Waals surface area contributed by atoms with Crippen molar-refractivity contribution in [1.82, 2.24) is 0 Å². The van der Waals surface area contributed by atoms with E-state index in [4.69, 9.17) is 13.1 Å². The molecule has 0 aliphatic heterocycles. The van der Waals surface area contributed by atoms with E-state index in [1.165, 1.54) is 0 Å². The van der Waals surface area contributed by atoms with Gasteiger partial charge < -0.3 is 0 Å². The van der Waals surface area contributed by atoms with Crippen LogP contribution < -0.4 is 0 Å². The van der Waals surface area contributed by atoms with Crippen molar-refractivity contribution in [3.63, 3.8) is 0 Å². The summed E-state index contributed by atoms with van der Waals surface area (Å²) in [5.41, 5.74) is 0.560. The number of nitrogens with zero attached hydrogens (tertiary/aromatic N) is 2. The first kappa shape index (κ1) is 13.9. The number of rotatable bonds is 3. The van der Waals surface area contributed by atoms with Gasteiger partial charge in [-0.1, -0.05) is 44.2 Å². The monoisotopic (exact) mass is 214 g/mol. The molecule has 0 aliphatic carbocycles. The Morgan fingerprint density at radius 2 is 1.69 bits per heavy atom. The summed E-state index contributed by atoms with van der Waals surface area (Å²) in [5, 5.41) is 0. The Morgan fingerprint density at radius 1 is 1.19 bits per heavy atom. The predicted octanol–water partition coefficient (Wildman–Crippen LogP) is 3.45. The van der Waals surface area contributed by atoms with Gasteiger partial charge in [0, 0.05) is 5.56 Å². The van der Waals surface area contributed by atoms with Gasteiger partial charge in [-0.25, -0.2) is 22.8 Å². The summed E-state index contributed by atoms with van der Waals surface area (Å²) in [6, 6.07) is 8.72. The maximum absolute atomic E-state index is 11.5. The van der Waals surface area contributed by atoms with Crippen LogP contribution in [0.1, 0.15) is 30.6 Å². The molecule has 0 amide bonds. The van der Waals surface area contributed by atoms with Gasteiger partial charge in [-0.3, -0.25) is 4.79 Å². The van der Waals surface area contributed by atoms with Gasteiger partial charge in [-0.15, -0.1) is 0 Å². The quantitative estimate of drug-likeness (QED) is 0.559. The highest BCUT2D eigenvalue weighted by molar-refractivity contribution is 5.96. The molecule has 3 nitrogen and oxygen atoms in total. The Labute approximate surface area is 96.4 Å². The number of Topliss-reactive ketones (excluding diaryl/α,β-unsaturated/α-hetero) is 1. The van der Waals surface area contributed by atoms with E-state index in [0.717, 1.165) is 0 Å². The number of carbonyl (C=O) groups excluding carboxylic acids is 1. The molecular formula is C13H14N2O. The zero-order valence-electron chi connectivity index (χ0n) is 9.47. The molecule has 1 rings (SSSR count). The zero-order chi connectivity index (χ0) is 12.4. The molecule has 0 heterocycles. The van der Waals surface area contributed by atoms with Crippen molar-refractivity contribution in [2.75, 3.05) is 0 Å². The summed E-state index contributed by atoms with van der Waals surface area (Å²) in [7, 11) is 0. The molecule has 3 heteroatoms. The molecule has 82 valence electrons. The fraction of sp³-hybridized carbons (Fsp3) is 0.308. The van der Waals surface area contributed by atoms with Crippen molar-refractivity contribution in [2.24, 2.45) is 0 Å². The van der Waals surface area contributed by atoms with E-state index in [0.29, 0.717) is 5.56 Å². The lowest BCUT2D eigenvalue weighted by molar-refractivity contribution is 0.0982. The van der Waals surface area contributed by atoms with Gasteiger partial charge in [0.05, 0.1) is 0 Å². The van der Waals surface area contributed by atoms with Crippen LogP contribution in [0.4, 0.5) is 0 Å². The molecule has 0 fully saturated rings. The third-order valence-corrected chi connectivity index (χ3v) is 1.76. The van der Waals surface area contributed by atoms with Gasteiger partial charge in [-0.05, 0) is 0 Å². The first-order valence-corrected chi connectivity index (χ1v) is 5.09. The number of hydrogen-bond acceptors (Lipinski definition) is 1. The predicted molar refractivity (Wildman–Crippen MR) is 63.7 cm³/mol. The van der Waals surface area contributed by atoms with Gasteiger partial charge in [-0.2, -0.15) is 0 Å². The molecule has 0 N–H and O–H groups in total. The van der Waals surface area contributed by atoms with Crippen LogP contribution in [-0.2, 0) is 0 Å². The molecule has 1 aromatic carbocycles. The smallest absolute Gasteiger partial charge is 0.293 e. The lowest BCUT2D eigenvalue weighted by Gasteiger charge is -1.95. The van der Waals surface area contributed by atoms with Gasteiger partial charge in [0.2, 0.25) is 0 Å². The van der Waals surface area contributed by atoms with Crippen molar-refractivity contribution in [1.29, 1.82) is 0 Å². The summed E-state index contributed by atoms with van der Waals surface area (Å²) in [6.07, 6.45) is -0.889. The van der Waals surface area contributed by atoms with Gasteiger partial charge in [0.25, 0.3) is 0 Å². The Morgan fingerprint density at radius 3 is 2.12 bits per heavy atom. The van der Waals surface area contributed by atoms with Crippen LogP contribution in [0.3, 0.4) is 0 Å². The second-order valence-corrected chi connectivity index (χ2v) is 2.73. The minimum Gasteiger partial charge on any atom is -0.293 e. The molecule has 0 aliphatic rings. The molecule has 0 radical (unpaired) electrons. The summed E-state index contributed by atoms with van der Waals surface area (Å²) in [6.45, 7) is 17.3. The van der Waals surface area contributed by atoms with E-state index in [2.05, 4.69) is 9.69 Å². The molecule has 0 unspecified atom stereocenters. The fourth-order valence-corrected chi connectivity index (χ4v) is 1.03. The number of ketones is 1. The van der Waals surface area contributed by atoms with Gasteiger partial charge in [0.1, 0.15) is 0 Å². The second-order valence-electron chi connectivity index (χ2n) is 2.73. The Bertz CT molecular complexity index is 384. The largest absolute Gasteiger partial charge is 0.481 e. The van der Waals surface area contributed by atoms with E-state index in [1.807, 2.05) is 19.9 Å². The summed E-state index contributed by atoms with van der Waals surface area (Å²) >= 11 is 0. The molecule has 1 aromatic rings. The van der Waals surface area contributed by atoms with Gasteiger partial charge in [0.15, 0.2) is 12.2 Å². The standard InChI is InChI=1S/C11H8N2O.C2H6/c1-12-11(13-2)8-10(14)9-6-4-3-5-7-9;1-2/h3-7,11H,8H2;1-2H3. The van der Waals surface area contributed by atoms with Crippen molar-refractivity contribution < 1.29 is 4.79 Å². The Hall–Kier alpha value is -2.13. The van der Waals surface area contributed by atoms with Crippen LogP contribution in [0.25, 0.3) is 9.69 Å². The maximum atomic E-state index is 11.5. The number of benzene rings is 1. The summed E-state index contributed by atoms with van der Waals surface area (Å²) in [4.78, 5) is 17.6. The van der Waals surface area contributed by atoms with Crippen molar-refractivity contribution in [2.45, 2.75) is 26.4 Å². The van der Waals surface area contributed by atoms with Crippen molar-refractivity contribution in [3.8, 4) is 0 Å². The highest BCUT2D eigenvalue weighted by Gasteiger charge is 2.21. The van der Waals surface area contributed by atoms with Crippen LogP contribution in [0.2, 0.25) is 0 Å². The molecule has 0 spiro atoms. The van der Waals surface area contributed by atoms with Crippen LogP contribution in [0.15, 0.2) is 30.3 Å². The average molecular weight is 214 g/mol. The van der Waals surface area contributed by atoms with Crippen molar-refractivity contribution >= 4 is 5.78 Å². The molecule has 0 bridgehead atoms. The summed E-state index contributed by atoms with van der Waals surface area (Å²) in [5.74, 6) is -0.150. The van der Waals surface area contributed by atoms with Crippen LogP contribution >= 0.6 is 0 Å². The Balaban J connectivity index is 0.00000106. The SMILES string of the molecule is CC.[C-]#[N+]C(CC(=O)c1ccccc1)[N+]#[C-]. The highest BCUT2D eigenvalue weighted by Crippen LogP contribution is 2.08. The van der Waals surface area contributed by atoms with Crippen LogP contribution in [0, 0.1) is 13.1 Å². The highest BCUT2D eigenvalue weighted by atomic mass is 16.1. The molecular weight excluding hydrogens is 200 g/mol.